The number of unbranched alkanes of at least 4 members (excludes halogenated alkanes) is 15. The third-order valence-corrected chi connectivity index (χ3v) is 7.42. The van der Waals surface area contributed by atoms with Gasteiger partial charge in [-0.3, -0.25) is 0 Å². The quantitative estimate of drug-likeness (QED) is 0.0502. The Morgan fingerprint density at radius 1 is 0.550 bits per heavy atom. The number of aliphatic hydroxyl groups is 6. The Kier molecular flexibility index (Phi) is 24.6. The second kappa shape index (κ2) is 25.4. The highest BCUT2D eigenvalue weighted by molar-refractivity contribution is 5.75. The van der Waals surface area contributed by atoms with Gasteiger partial charge in [0.2, 0.25) is 0 Å². The molecule has 0 spiro atoms. The van der Waals surface area contributed by atoms with Crippen LogP contribution in [0.15, 0.2) is 0 Å². The van der Waals surface area contributed by atoms with Gasteiger partial charge >= 0.3 is 11.9 Å². The minimum absolute atomic E-state index is 0.0843. The summed E-state index contributed by atoms with van der Waals surface area (Å²) in [5.74, 6) is -3.12. The van der Waals surface area contributed by atoms with E-state index in [-0.39, 0.29) is 12.8 Å². The number of carbonyl (C=O) groups is 2. The van der Waals surface area contributed by atoms with Gasteiger partial charge in [0.05, 0.1) is 25.0 Å². The molecule has 0 bridgehead atoms. The van der Waals surface area contributed by atoms with Crippen molar-refractivity contribution in [1.29, 1.82) is 0 Å². The third kappa shape index (κ3) is 18.2. The van der Waals surface area contributed by atoms with Gasteiger partial charge in [0, 0.05) is 0 Å². The molecule has 10 nitrogen and oxygen atoms in total. The van der Waals surface area contributed by atoms with Crippen molar-refractivity contribution in [1.82, 2.24) is 0 Å². The molecule has 10 heteroatoms. The molecular formula is C30H58O10. The van der Waals surface area contributed by atoms with Crippen LogP contribution >= 0.6 is 0 Å². The zero-order valence-corrected chi connectivity index (χ0v) is 24.9. The predicted octanol–water partition coefficient (Wildman–Crippen LogP) is 3.85. The molecule has 0 saturated carbocycles. The van der Waals surface area contributed by atoms with Crippen LogP contribution < -0.4 is 0 Å². The van der Waals surface area contributed by atoms with Crippen LogP contribution in [0.3, 0.4) is 0 Å². The SMILES string of the molecule is CCCCCCCCCCCC(=O)OOC(=O)C(CCCCCCCCCC)C(O)[C@@H](O)[C@@H](O)[C@H](O)[C@@H](O)CO. The number of aliphatic hydroxyl groups excluding tert-OH is 6. The zero-order valence-electron chi connectivity index (χ0n) is 24.9. The number of hydrogen-bond donors (Lipinski definition) is 6. The van der Waals surface area contributed by atoms with E-state index in [1.807, 2.05) is 0 Å². The second-order valence-electron chi connectivity index (χ2n) is 11.0. The van der Waals surface area contributed by atoms with Gasteiger partial charge in [0.15, 0.2) is 0 Å². The smallest absolute Gasteiger partial charge is 0.361 e. The first-order valence-corrected chi connectivity index (χ1v) is 15.6. The Morgan fingerprint density at radius 2 is 0.975 bits per heavy atom. The molecular weight excluding hydrogens is 520 g/mol. The van der Waals surface area contributed by atoms with E-state index in [1.165, 1.54) is 44.9 Å². The van der Waals surface area contributed by atoms with Crippen LogP contribution in [-0.4, -0.2) is 79.7 Å². The number of rotatable bonds is 26. The summed E-state index contributed by atoms with van der Waals surface area (Å²) in [4.78, 5) is 34.2. The molecule has 0 aromatic carbocycles. The van der Waals surface area contributed by atoms with Crippen LogP contribution in [0.4, 0.5) is 0 Å². The Bertz CT molecular complexity index is 617. The van der Waals surface area contributed by atoms with Gasteiger partial charge in [-0.2, -0.15) is 0 Å². The third-order valence-electron chi connectivity index (χ3n) is 7.42. The van der Waals surface area contributed by atoms with Crippen LogP contribution in [-0.2, 0) is 19.4 Å². The molecule has 0 amide bonds. The first-order chi connectivity index (χ1) is 19.2. The lowest BCUT2D eigenvalue weighted by molar-refractivity contribution is -0.266. The lowest BCUT2D eigenvalue weighted by Gasteiger charge is -2.31. The van der Waals surface area contributed by atoms with Crippen molar-refractivity contribution in [2.75, 3.05) is 6.61 Å². The zero-order chi connectivity index (χ0) is 30.2. The van der Waals surface area contributed by atoms with Gasteiger partial charge in [-0.1, -0.05) is 117 Å². The molecule has 0 aliphatic rings. The lowest BCUT2D eigenvalue weighted by atomic mass is 9.88. The molecule has 0 aliphatic heterocycles. The summed E-state index contributed by atoms with van der Waals surface area (Å²) in [5.41, 5.74) is 0. The highest BCUT2D eigenvalue weighted by Crippen LogP contribution is 2.23. The molecule has 0 heterocycles. The fourth-order valence-electron chi connectivity index (χ4n) is 4.67. The van der Waals surface area contributed by atoms with E-state index in [1.54, 1.807) is 0 Å². The van der Waals surface area contributed by atoms with Crippen molar-refractivity contribution in [2.45, 2.75) is 166 Å². The van der Waals surface area contributed by atoms with Crippen LogP contribution in [0.5, 0.6) is 0 Å². The van der Waals surface area contributed by atoms with Crippen molar-refractivity contribution in [3.8, 4) is 0 Å². The van der Waals surface area contributed by atoms with E-state index in [2.05, 4.69) is 18.7 Å². The molecule has 0 radical (unpaired) electrons. The van der Waals surface area contributed by atoms with Crippen LogP contribution in [0.2, 0.25) is 0 Å². The number of hydrogen-bond acceptors (Lipinski definition) is 10. The molecule has 0 fully saturated rings. The first kappa shape index (κ1) is 38.7. The Labute approximate surface area is 241 Å². The Hall–Kier alpha value is -1.30. The summed E-state index contributed by atoms with van der Waals surface area (Å²) in [5, 5.41) is 59.7. The maximum atomic E-state index is 12.7. The monoisotopic (exact) mass is 578 g/mol. The van der Waals surface area contributed by atoms with E-state index in [4.69, 9.17) is 9.99 Å². The van der Waals surface area contributed by atoms with Crippen LogP contribution in [0, 0.1) is 5.92 Å². The van der Waals surface area contributed by atoms with Crippen molar-refractivity contribution in [2.24, 2.45) is 5.92 Å². The van der Waals surface area contributed by atoms with Crippen molar-refractivity contribution in [3.05, 3.63) is 0 Å². The minimum atomic E-state index is -2.04. The second-order valence-corrected chi connectivity index (χ2v) is 11.0. The van der Waals surface area contributed by atoms with Crippen LogP contribution in [0.25, 0.3) is 0 Å². The fourth-order valence-corrected chi connectivity index (χ4v) is 4.67. The maximum Gasteiger partial charge on any atom is 0.361 e. The maximum absolute atomic E-state index is 12.7. The molecule has 6 atom stereocenters. The normalized spacial score (nSPS) is 16.1. The van der Waals surface area contributed by atoms with Crippen molar-refractivity contribution < 1.29 is 50.0 Å². The average molecular weight is 579 g/mol. The van der Waals surface area contributed by atoms with E-state index in [0.29, 0.717) is 12.8 Å². The van der Waals surface area contributed by atoms with Gasteiger partial charge in [-0.15, -0.1) is 0 Å². The molecule has 238 valence electrons. The Balaban J connectivity index is 4.74. The highest BCUT2D eigenvalue weighted by atomic mass is 17.2. The molecule has 0 saturated heterocycles. The standard InChI is InChI=1S/C30H58O10/c1-3-5-7-9-11-13-15-17-19-21-25(33)39-40-30(38)23(20-18-16-14-12-10-8-6-4-2)26(34)28(36)29(37)27(35)24(32)22-31/h23-24,26-29,31-32,34-37H,3-22H2,1-2H3/t23?,24-,26?,27+,28+,29-/m0/s1. The van der Waals surface area contributed by atoms with Gasteiger partial charge in [-0.25, -0.2) is 19.4 Å². The largest absolute Gasteiger partial charge is 0.394 e. The van der Waals surface area contributed by atoms with Gasteiger partial charge in [-0.05, 0) is 12.8 Å². The van der Waals surface area contributed by atoms with E-state index < -0.39 is 55.0 Å². The first-order valence-electron chi connectivity index (χ1n) is 15.6. The summed E-state index contributed by atoms with van der Waals surface area (Å²) in [7, 11) is 0. The molecule has 40 heavy (non-hydrogen) atoms. The number of carbonyl (C=O) groups excluding carboxylic acids is 2. The highest BCUT2D eigenvalue weighted by Gasteiger charge is 2.41. The molecule has 6 N–H and O–H groups in total. The predicted molar refractivity (Wildman–Crippen MR) is 152 cm³/mol. The van der Waals surface area contributed by atoms with Gasteiger partial charge in [0.1, 0.15) is 24.4 Å². The summed E-state index contributed by atoms with van der Waals surface area (Å²) < 4.78 is 0. The van der Waals surface area contributed by atoms with Gasteiger partial charge < -0.3 is 30.6 Å². The van der Waals surface area contributed by atoms with E-state index in [0.717, 1.165) is 51.4 Å². The summed E-state index contributed by atoms with van der Waals surface area (Å²) in [6, 6.07) is 0. The molecule has 0 aliphatic carbocycles. The van der Waals surface area contributed by atoms with E-state index >= 15 is 0 Å². The molecule has 0 rings (SSSR count). The minimum Gasteiger partial charge on any atom is -0.394 e. The van der Waals surface area contributed by atoms with Crippen molar-refractivity contribution >= 4 is 11.9 Å². The molecule has 0 aromatic heterocycles. The summed E-state index contributed by atoms with van der Waals surface area (Å²) in [6.07, 6.45) is 8.15. The lowest BCUT2D eigenvalue weighted by Crippen LogP contribution is -2.52. The molecule has 2 unspecified atom stereocenters. The van der Waals surface area contributed by atoms with Gasteiger partial charge in [0.25, 0.3) is 0 Å². The summed E-state index contributed by atoms with van der Waals surface area (Å²) >= 11 is 0. The average Bonchev–Trinajstić information content (AvgIpc) is 2.96. The van der Waals surface area contributed by atoms with Crippen molar-refractivity contribution in [3.63, 3.8) is 0 Å². The van der Waals surface area contributed by atoms with E-state index in [9.17, 15) is 35.1 Å². The van der Waals surface area contributed by atoms with Crippen LogP contribution in [0.1, 0.15) is 136 Å². The Morgan fingerprint density at radius 3 is 1.45 bits per heavy atom. The molecule has 0 aromatic rings. The topological polar surface area (TPSA) is 174 Å². The fraction of sp³-hybridized carbons (Fsp3) is 0.933. The summed E-state index contributed by atoms with van der Waals surface area (Å²) in [6.45, 7) is 3.45.